The van der Waals surface area contributed by atoms with Crippen molar-refractivity contribution in [3.8, 4) is 10.6 Å². The third-order valence-electron chi connectivity index (χ3n) is 4.94. The Balaban J connectivity index is 1.39. The van der Waals surface area contributed by atoms with Gasteiger partial charge in [0.15, 0.2) is 0 Å². The second-order valence-corrected chi connectivity index (χ2v) is 8.15. The van der Waals surface area contributed by atoms with Crippen LogP contribution in [-0.2, 0) is 6.54 Å². The standard InChI is InChI=1S/C22H24N4OS/c1-17-6-4-7-18(24-17)16-25-12-5-13-26(15-14-25)22(27)21-10-9-20(28-21)19-8-2-3-11-23-19/h2-4,6-11H,5,12-16H2,1H3. The summed E-state index contributed by atoms with van der Waals surface area (Å²) in [5.41, 5.74) is 3.06. The van der Waals surface area contributed by atoms with Gasteiger partial charge in [0.25, 0.3) is 5.91 Å². The van der Waals surface area contributed by atoms with Gasteiger partial charge in [0.2, 0.25) is 0 Å². The van der Waals surface area contributed by atoms with Gasteiger partial charge in [-0.05, 0) is 49.7 Å². The lowest BCUT2D eigenvalue weighted by Gasteiger charge is -2.21. The van der Waals surface area contributed by atoms with E-state index in [-0.39, 0.29) is 5.91 Å². The van der Waals surface area contributed by atoms with E-state index in [2.05, 4.69) is 27.0 Å². The lowest BCUT2D eigenvalue weighted by molar-refractivity contribution is 0.0766. The van der Waals surface area contributed by atoms with E-state index < -0.39 is 0 Å². The van der Waals surface area contributed by atoms with Crippen LogP contribution < -0.4 is 0 Å². The van der Waals surface area contributed by atoms with Crippen LogP contribution in [-0.4, -0.2) is 51.9 Å². The summed E-state index contributed by atoms with van der Waals surface area (Å²) in [5.74, 6) is 0.128. The Morgan fingerprint density at radius 1 is 1.04 bits per heavy atom. The summed E-state index contributed by atoms with van der Waals surface area (Å²) in [6.45, 7) is 6.27. The topological polar surface area (TPSA) is 49.3 Å². The molecular weight excluding hydrogens is 368 g/mol. The molecule has 3 aromatic rings. The summed E-state index contributed by atoms with van der Waals surface area (Å²) in [5, 5.41) is 0. The van der Waals surface area contributed by atoms with Crippen LogP contribution in [0.15, 0.2) is 54.7 Å². The van der Waals surface area contributed by atoms with E-state index in [1.807, 2.05) is 48.2 Å². The van der Waals surface area contributed by atoms with Crippen LogP contribution in [0.2, 0.25) is 0 Å². The number of hydrogen-bond donors (Lipinski definition) is 0. The molecule has 3 aromatic heterocycles. The fourth-order valence-electron chi connectivity index (χ4n) is 3.50. The molecule has 28 heavy (non-hydrogen) atoms. The van der Waals surface area contributed by atoms with Gasteiger partial charge in [-0.15, -0.1) is 11.3 Å². The number of amides is 1. The second kappa shape index (κ2) is 8.63. The Bertz CT molecular complexity index is 940. The highest BCUT2D eigenvalue weighted by molar-refractivity contribution is 7.17. The fraction of sp³-hybridized carbons (Fsp3) is 0.318. The van der Waals surface area contributed by atoms with Gasteiger partial charge in [-0.1, -0.05) is 12.1 Å². The summed E-state index contributed by atoms with van der Waals surface area (Å²) in [6, 6.07) is 15.9. The van der Waals surface area contributed by atoms with Crippen molar-refractivity contribution in [1.29, 1.82) is 0 Å². The number of aromatic nitrogens is 2. The molecular formula is C22H24N4OS. The van der Waals surface area contributed by atoms with Crippen molar-refractivity contribution in [2.45, 2.75) is 19.9 Å². The zero-order chi connectivity index (χ0) is 19.3. The van der Waals surface area contributed by atoms with Crippen LogP contribution >= 0.6 is 11.3 Å². The average Bonchev–Trinajstić information content (AvgIpc) is 3.09. The molecule has 0 N–H and O–H groups in total. The highest BCUT2D eigenvalue weighted by Crippen LogP contribution is 2.27. The molecule has 0 saturated carbocycles. The Morgan fingerprint density at radius 3 is 2.79 bits per heavy atom. The van der Waals surface area contributed by atoms with Crippen molar-refractivity contribution < 1.29 is 4.79 Å². The van der Waals surface area contributed by atoms with Crippen LogP contribution in [0.4, 0.5) is 0 Å². The number of carbonyl (C=O) groups is 1. The number of rotatable bonds is 4. The first-order valence-corrected chi connectivity index (χ1v) is 10.5. The zero-order valence-corrected chi connectivity index (χ0v) is 16.9. The lowest BCUT2D eigenvalue weighted by atomic mass is 10.3. The SMILES string of the molecule is Cc1cccc(CN2CCCN(C(=O)c3ccc(-c4ccccn4)s3)CC2)n1. The first-order valence-electron chi connectivity index (χ1n) is 9.64. The van der Waals surface area contributed by atoms with Crippen molar-refractivity contribution in [3.63, 3.8) is 0 Å². The number of hydrogen-bond acceptors (Lipinski definition) is 5. The molecule has 1 aliphatic rings. The van der Waals surface area contributed by atoms with Gasteiger partial charge < -0.3 is 4.90 Å². The van der Waals surface area contributed by atoms with Gasteiger partial charge in [-0.3, -0.25) is 19.7 Å². The number of aryl methyl sites for hydroxylation is 1. The van der Waals surface area contributed by atoms with Gasteiger partial charge in [0.05, 0.1) is 21.1 Å². The summed E-state index contributed by atoms with van der Waals surface area (Å²) in [7, 11) is 0. The number of pyridine rings is 2. The van der Waals surface area contributed by atoms with Crippen molar-refractivity contribution in [3.05, 3.63) is 71.0 Å². The van der Waals surface area contributed by atoms with E-state index in [4.69, 9.17) is 0 Å². The number of nitrogens with zero attached hydrogens (tertiary/aromatic N) is 4. The van der Waals surface area contributed by atoms with Crippen molar-refractivity contribution in [2.24, 2.45) is 0 Å². The molecule has 4 heterocycles. The Kier molecular flexibility index (Phi) is 5.78. The highest BCUT2D eigenvalue weighted by atomic mass is 32.1. The van der Waals surface area contributed by atoms with E-state index in [1.54, 1.807) is 6.20 Å². The third kappa shape index (κ3) is 4.46. The van der Waals surface area contributed by atoms with Crippen LogP contribution in [0.5, 0.6) is 0 Å². The largest absolute Gasteiger partial charge is 0.337 e. The van der Waals surface area contributed by atoms with E-state index >= 15 is 0 Å². The molecule has 5 nitrogen and oxygen atoms in total. The number of carbonyl (C=O) groups excluding carboxylic acids is 1. The Hall–Kier alpha value is -2.57. The van der Waals surface area contributed by atoms with Crippen LogP contribution in [0.1, 0.15) is 27.5 Å². The maximum atomic E-state index is 13.0. The van der Waals surface area contributed by atoms with Crippen molar-refractivity contribution in [1.82, 2.24) is 19.8 Å². The molecule has 0 bridgehead atoms. The second-order valence-electron chi connectivity index (χ2n) is 7.07. The monoisotopic (exact) mass is 392 g/mol. The summed E-state index contributed by atoms with van der Waals surface area (Å²) in [4.78, 5) is 28.2. The summed E-state index contributed by atoms with van der Waals surface area (Å²) >= 11 is 1.52. The lowest BCUT2D eigenvalue weighted by Crippen LogP contribution is -2.34. The van der Waals surface area contributed by atoms with Crippen LogP contribution in [0.25, 0.3) is 10.6 Å². The van der Waals surface area contributed by atoms with Gasteiger partial charge in [0, 0.05) is 44.6 Å². The number of thiophene rings is 1. The van der Waals surface area contributed by atoms with Crippen molar-refractivity contribution >= 4 is 17.2 Å². The molecule has 1 fully saturated rings. The maximum Gasteiger partial charge on any atom is 0.263 e. The third-order valence-corrected chi connectivity index (χ3v) is 6.04. The van der Waals surface area contributed by atoms with Gasteiger partial charge in [-0.2, -0.15) is 0 Å². The maximum absolute atomic E-state index is 13.0. The average molecular weight is 393 g/mol. The molecule has 0 spiro atoms. The van der Waals surface area contributed by atoms with Gasteiger partial charge >= 0.3 is 0 Å². The van der Waals surface area contributed by atoms with E-state index in [0.717, 1.165) is 66.0 Å². The molecule has 0 aromatic carbocycles. The zero-order valence-electron chi connectivity index (χ0n) is 16.0. The molecule has 144 valence electrons. The van der Waals surface area contributed by atoms with Crippen LogP contribution in [0, 0.1) is 6.92 Å². The smallest absolute Gasteiger partial charge is 0.263 e. The van der Waals surface area contributed by atoms with E-state index in [1.165, 1.54) is 11.3 Å². The molecule has 6 heteroatoms. The molecule has 0 aliphatic carbocycles. The summed E-state index contributed by atoms with van der Waals surface area (Å²) < 4.78 is 0. The molecule has 0 radical (unpaired) electrons. The normalized spacial score (nSPS) is 15.4. The predicted octanol–water partition coefficient (Wildman–Crippen LogP) is 3.86. The minimum absolute atomic E-state index is 0.128. The Morgan fingerprint density at radius 2 is 1.96 bits per heavy atom. The minimum Gasteiger partial charge on any atom is -0.337 e. The molecule has 1 saturated heterocycles. The molecule has 1 aliphatic heterocycles. The molecule has 0 unspecified atom stereocenters. The summed E-state index contributed by atoms with van der Waals surface area (Å²) in [6.07, 6.45) is 2.76. The fourth-order valence-corrected chi connectivity index (χ4v) is 4.45. The first-order chi connectivity index (χ1) is 13.7. The first kappa shape index (κ1) is 18.8. The van der Waals surface area contributed by atoms with Gasteiger partial charge in [-0.25, -0.2) is 0 Å². The molecule has 0 atom stereocenters. The minimum atomic E-state index is 0.128. The molecule has 1 amide bonds. The van der Waals surface area contributed by atoms with Crippen LogP contribution in [0.3, 0.4) is 0 Å². The predicted molar refractivity (Wildman–Crippen MR) is 112 cm³/mol. The van der Waals surface area contributed by atoms with E-state index in [9.17, 15) is 4.79 Å². The molecule has 4 rings (SSSR count). The van der Waals surface area contributed by atoms with Gasteiger partial charge in [0.1, 0.15) is 0 Å². The quantitative estimate of drug-likeness (QED) is 0.676. The van der Waals surface area contributed by atoms with Crippen molar-refractivity contribution in [2.75, 3.05) is 26.2 Å². The Labute approximate surface area is 169 Å². The highest BCUT2D eigenvalue weighted by Gasteiger charge is 2.22. The van der Waals surface area contributed by atoms with E-state index in [0.29, 0.717) is 0 Å².